The lowest BCUT2D eigenvalue weighted by Gasteiger charge is -2.21. The summed E-state index contributed by atoms with van der Waals surface area (Å²) in [6, 6.07) is 15.9. The topological polar surface area (TPSA) is 90.0 Å². The lowest BCUT2D eigenvalue weighted by Crippen LogP contribution is -2.27. The second-order valence-corrected chi connectivity index (χ2v) is 9.91. The van der Waals surface area contributed by atoms with E-state index in [1.807, 2.05) is 32.9 Å². The Balaban J connectivity index is 1.72. The van der Waals surface area contributed by atoms with Crippen molar-refractivity contribution in [3.63, 3.8) is 0 Å². The first-order valence-electron chi connectivity index (χ1n) is 10.6. The number of benzene rings is 3. The SMILES string of the molecule is COc1ccccc1N(C)S(=O)(=O)c1ccc(C(=O)OCC(=O)c2c(C)cc(C)cc2C)cc1. The monoisotopic (exact) mass is 481 g/mol. The highest BCUT2D eigenvalue weighted by Gasteiger charge is 2.24. The second-order valence-electron chi connectivity index (χ2n) is 7.94. The number of hydrogen-bond acceptors (Lipinski definition) is 6. The Bertz CT molecular complexity index is 1310. The molecular weight excluding hydrogens is 454 g/mol. The highest BCUT2D eigenvalue weighted by Crippen LogP contribution is 2.31. The number of para-hydroxylation sites is 2. The van der Waals surface area contributed by atoms with Crippen LogP contribution in [0.15, 0.2) is 65.6 Å². The normalized spacial score (nSPS) is 11.1. The van der Waals surface area contributed by atoms with Gasteiger partial charge in [-0.2, -0.15) is 0 Å². The zero-order valence-electron chi connectivity index (χ0n) is 19.8. The molecule has 8 heteroatoms. The van der Waals surface area contributed by atoms with Crippen molar-refractivity contribution < 1.29 is 27.5 Å². The summed E-state index contributed by atoms with van der Waals surface area (Å²) in [7, 11) is -1.00. The number of hydrogen-bond donors (Lipinski definition) is 0. The van der Waals surface area contributed by atoms with Crippen LogP contribution in [0.1, 0.15) is 37.4 Å². The Morgan fingerprint density at radius 1 is 0.912 bits per heavy atom. The van der Waals surface area contributed by atoms with Crippen LogP contribution in [0.4, 0.5) is 5.69 Å². The average molecular weight is 482 g/mol. The number of aryl methyl sites for hydroxylation is 3. The van der Waals surface area contributed by atoms with Crippen molar-refractivity contribution in [3.8, 4) is 5.75 Å². The largest absolute Gasteiger partial charge is 0.495 e. The number of carbonyl (C=O) groups excluding carboxylic acids is 2. The van der Waals surface area contributed by atoms with Crippen LogP contribution in [0.2, 0.25) is 0 Å². The van der Waals surface area contributed by atoms with Crippen molar-refractivity contribution in [1.29, 1.82) is 0 Å². The van der Waals surface area contributed by atoms with Gasteiger partial charge in [0, 0.05) is 12.6 Å². The van der Waals surface area contributed by atoms with E-state index in [4.69, 9.17) is 9.47 Å². The van der Waals surface area contributed by atoms with Crippen LogP contribution in [-0.2, 0) is 14.8 Å². The summed E-state index contributed by atoms with van der Waals surface area (Å²) in [5.41, 5.74) is 3.77. The van der Waals surface area contributed by atoms with Gasteiger partial charge < -0.3 is 9.47 Å². The maximum atomic E-state index is 13.1. The fourth-order valence-corrected chi connectivity index (χ4v) is 5.05. The maximum absolute atomic E-state index is 13.1. The number of ketones is 1. The quantitative estimate of drug-likeness (QED) is 0.348. The molecule has 3 rings (SSSR count). The van der Waals surface area contributed by atoms with E-state index in [0.29, 0.717) is 17.0 Å². The Morgan fingerprint density at radius 3 is 2.09 bits per heavy atom. The Kier molecular flexibility index (Phi) is 7.41. The molecule has 0 fully saturated rings. The number of rotatable bonds is 8. The van der Waals surface area contributed by atoms with Crippen LogP contribution in [0.5, 0.6) is 5.75 Å². The molecular formula is C26H27NO6S. The Morgan fingerprint density at radius 2 is 1.50 bits per heavy atom. The van der Waals surface area contributed by atoms with Crippen molar-refractivity contribution in [2.75, 3.05) is 25.1 Å². The fourth-order valence-electron chi connectivity index (χ4n) is 3.85. The third kappa shape index (κ3) is 5.12. The standard InChI is InChI=1S/C26H27NO6S/c1-17-14-18(2)25(19(3)15-17)23(28)16-33-26(29)20-10-12-21(13-11-20)34(30,31)27(4)22-8-6-7-9-24(22)32-5/h6-15H,16H2,1-5H3. The molecule has 0 unspecified atom stereocenters. The molecule has 0 radical (unpaired) electrons. The molecule has 178 valence electrons. The van der Waals surface area contributed by atoms with Gasteiger partial charge in [0.2, 0.25) is 5.78 Å². The van der Waals surface area contributed by atoms with Crippen molar-refractivity contribution in [2.24, 2.45) is 0 Å². The third-order valence-electron chi connectivity index (χ3n) is 5.46. The van der Waals surface area contributed by atoms with Crippen LogP contribution in [0.3, 0.4) is 0 Å². The lowest BCUT2D eigenvalue weighted by atomic mass is 9.97. The molecule has 0 aliphatic rings. The summed E-state index contributed by atoms with van der Waals surface area (Å²) in [5, 5.41) is 0. The molecule has 7 nitrogen and oxygen atoms in total. The van der Waals surface area contributed by atoms with E-state index in [0.717, 1.165) is 21.0 Å². The highest BCUT2D eigenvalue weighted by molar-refractivity contribution is 7.92. The summed E-state index contributed by atoms with van der Waals surface area (Å²) in [6.45, 7) is 5.24. The minimum atomic E-state index is -3.89. The summed E-state index contributed by atoms with van der Waals surface area (Å²) in [6.07, 6.45) is 0. The molecule has 3 aromatic rings. The van der Waals surface area contributed by atoms with E-state index < -0.39 is 22.6 Å². The number of methoxy groups -OCH3 is 1. The Hall–Kier alpha value is -3.65. The van der Waals surface area contributed by atoms with E-state index in [9.17, 15) is 18.0 Å². The van der Waals surface area contributed by atoms with Gasteiger partial charge in [-0.05, 0) is 68.3 Å². The summed E-state index contributed by atoms with van der Waals surface area (Å²) < 4.78 is 37.7. The van der Waals surface area contributed by atoms with Gasteiger partial charge in [-0.1, -0.05) is 29.8 Å². The molecule has 34 heavy (non-hydrogen) atoms. The number of anilines is 1. The van der Waals surface area contributed by atoms with Crippen LogP contribution < -0.4 is 9.04 Å². The Labute approximate surface area is 200 Å². The van der Waals surface area contributed by atoms with E-state index in [2.05, 4.69) is 0 Å². The van der Waals surface area contributed by atoms with E-state index in [1.54, 1.807) is 24.3 Å². The first kappa shape index (κ1) is 25.0. The number of Topliss-reactive ketones (excluding diaryl/α,β-unsaturated/α-hetero) is 1. The zero-order valence-corrected chi connectivity index (χ0v) is 20.6. The first-order chi connectivity index (χ1) is 16.1. The fraction of sp³-hybridized carbons (Fsp3) is 0.231. The lowest BCUT2D eigenvalue weighted by molar-refractivity contribution is 0.0474. The predicted octanol–water partition coefficient (Wildman–Crippen LogP) is 4.49. The molecule has 0 heterocycles. The van der Waals surface area contributed by atoms with Gasteiger partial charge in [-0.15, -0.1) is 0 Å². The van der Waals surface area contributed by atoms with E-state index in [-0.39, 0.29) is 16.2 Å². The minimum absolute atomic E-state index is 0.000521. The van der Waals surface area contributed by atoms with Gasteiger partial charge in [0.25, 0.3) is 10.0 Å². The van der Waals surface area contributed by atoms with E-state index >= 15 is 0 Å². The molecule has 0 spiro atoms. The molecule has 0 bridgehead atoms. The smallest absolute Gasteiger partial charge is 0.338 e. The van der Waals surface area contributed by atoms with Crippen molar-refractivity contribution in [2.45, 2.75) is 25.7 Å². The molecule has 0 amide bonds. The van der Waals surface area contributed by atoms with Crippen LogP contribution in [-0.4, -0.2) is 40.9 Å². The van der Waals surface area contributed by atoms with Crippen molar-refractivity contribution in [1.82, 2.24) is 0 Å². The van der Waals surface area contributed by atoms with Gasteiger partial charge in [-0.25, -0.2) is 13.2 Å². The number of ether oxygens (including phenoxy) is 2. The summed E-state index contributed by atoms with van der Waals surface area (Å²) >= 11 is 0. The molecule has 0 aromatic heterocycles. The van der Waals surface area contributed by atoms with Gasteiger partial charge in [0.05, 0.1) is 23.3 Å². The molecule has 0 aliphatic heterocycles. The first-order valence-corrected chi connectivity index (χ1v) is 12.0. The van der Waals surface area contributed by atoms with Crippen molar-refractivity contribution >= 4 is 27.5 Å². The van der Waals surface area contributed by atoms with Gasteiger partial charge in [0.1, 0.15) is 5.75 Å². The molecule has 0 N–H and O–H groups in total. The predicted molar refractivity (Wildman–Crippen MR) is 130 cm³/mol. The molecule has 0 aliphatic carbocycles. The summed E-state index contributed by atoms with van der Waals surface area (Å²) in [4.78, 5) is 25.1. The number of nitrogens with zero attached hydrogens (tertiary/aromatic N) is 1. The van der Waals surface area contributed by atoms with Gasteiger partial charge in [-0.3, -0.25) is 9.10 Å². The number of esters is 1. The minimum Gasteiger partial charge on any atom is -0.495 e. The van der Waals surface area contributed by atoms with Gasteiger partial charge >= 0.3 is 5.97 Å². The molecule has 0 saturated carbocycles. The second kappa shape index (κ2) is 10.1. The van der Waals surface area contributed by atoms with Crippen molar-refractivity contribution in [3.05, 3.63) is 88.5 Å². The molecule has 0 saturated heterocycles. The maximum Gasteiger partial charge on any atom is 0.338 e. The number of sulfonamides is 1. The molecule has 3 aromatic carbocycles. The molecule has 0 atom stereocenters. The third-order valence-corrected chi connectivity index (χ3v) is 7.25. The van der Waals surface area contributed by atoms with Crippen LogP contribution in [0.25, 0.3) is 0 Å². The van der Waals surface area contributed by atoms with Crippen LogP contribution >= 0.6 is 0 Å². The van der Waals surface area contributed by atoms with Crippen LogP contribution in [0, 0.1) is 20.8 Å². The zero-order chi connectivity index (χ0) is 25.0. The summed E-state index contributed by atoms with van der Waals surface area (Å²) in [5.74, 6) is -0.587. The van der Waals surface area contributed by atoms with E-state index in [1.165, 1.54) is 38.4 Å². The highest BCUT2D eigenvalue weighted by atomic mass is 32.2. The van der Waals surface area contributed by atoms with Gasteiger partial charge in [0.15, 0.2) is 6.61 Å². The average Bonchev–Trinajstić information content (AvgIpc) is 2.81. The number of carbonyl (C=O) groups is 2.